The second-order valence-electron chi connectivity index (χ2n) is 7.51. The lowest BCUT2D eigenvalue weighted by Crippen LogP contribution is -2.29. The fourth-order valence-corrected chi connectivity index (χ4v) is 3.16. The molecule has 140 valence electrons. The summed E-state index contributed by atoms with van der Waals surface area (Å²) in [6, 6.07) is 7.66. The monoisotopic (exact) mass is 368 g/mol. The Hall–Kier alpha value is -1.10. The minimum Gasteiger partial charge on any atom is -0.465 e. The lowest BCUT2D eigenvalue weighted by molar-refractivity contribution is -0.181. The molecule has 1 aliphatic heterocycles. The Bertz CT molecular complexity index is 590. The maximum Gasteiger partial charge on any atom is 0.311 e. The first-order chi connectivity index (χ1) is 11.7. The van der Waals surface area contributed by atoms with Crippen molar-refractivity contribution in [3.63, 3.8) is 0 Å². The van der Waals surface area contributed by atoms with E-state index in [4.69, 9.17) is 25.8 Å². The Morgan fingerprint density at radius 1 is 1.20 bits per heavy atom. The van der Waals surface area contributed by atoms with E-state index in [9.17, 15) is 4.79 Å². The highest BCUT2D eigenvalue weighted by atomic mass is 35.5. The first-order valence-electron chi connectivity index (χ1n) is 8.99. The van der Waals surface area contributed by atoms with Gasteiger partial charge in [0.1, 0.15) is 6.10 Å². The van der Waals surface area contributed by atoms with Gasteiger partial charge in [-0.05, 0) is 39.7 Å². The third kappa shape index (κ3) is 4.75. The summed E-state index contributed by atoms with van der Waals surface area (Å²) in [4.78, 5) is 12.0. The van der Waals surface area contributed by atoms with E-state index in [0.717, 1.165) is 18.4 Å². The van der Waals surface area contributed by atoms with Crippen LogP contribution in [-0.4, -0.2) is 24.5 Å². The molecule has 2 atom stereocenters. The maximum absolute atomic E-state index is 12.0. The molecule has 1 fully saturated rings. The summed E-state index contributed by atoms with van der Waals surface area (Å²) in [6.45, 7) is 9.93. The number of carbonyl (C=O) groups is 1. The molecular formula is C20H29ClO4. The van der Waals surface area contributed by atoms with Gasteiger partial charge in [-0.25, -0.2) is 0 Å². The second kappa shape index (κ2) is 8.07. The predicted molar refractivity (Wildman–Crippen MR) is 98.5 cm³/mol. The standard InChI is InChI=1S/C20H29ClO4/c1-6-20(7-2)24-16(12-13-23-18(22)19(3,4)5)17(25-20)14-10-8-9-11-15(14)21/h8-11,16-17H,6-7,12-13H2,1-5H3/t16?,17-/m1/s1. The van der Waals surface area contributed by atoms with Crippen molar-refractivity contribution in [3.05, 3.63) is 34.9 Å². The van der Waals surface area contributed by atoms with Gasteiger partial charge in [0.2, 0.25) is 0 Å². The van der Waals surface area contributed by atoms with E-state index >= 15 is 0 Å². The molecule has 1 unspecified atom stereocenters. The topological polar surface area (TPSA) is 44.8 Å². The number of esters is 1. The van der Waals surface area contributed by atoms with Crippen molar-refractivity contribution in [1.82, 2.24) is 0 Å². The summed E-state index contributed by atoms with van der Waals surface area (Å²) in [5.74, 6) is -0.819. The van der Waals surface area contributed by atoms with Crippen LogP contribution in [0.25, 0.3) is 0 Å². The summed E-state index contributed by atoms with van der Waals surface area (Å²) in [5.41, 5.74) is 0.409. The number of ether oxygens (including phenoxy) is 3. The fraction of sp³-hybridized carbons (Fsp3) is 0.650. The van der Waals surface area contributed by atoms with Gasteiger partial charge in [-0.3, -0.25) is 4.79 Å². The molecule has 0 bridgehead atoms. The Labute approximate surface area is 155 Å². The van der Waals surface area contributed by atoms with Gasteiger partial charge in [0, 0.05) is 17.0 Å². The van der Waals surface area contributed by atoms with Gasteiger partial charge in [-0.15, -0.1) is 0 Å². The number of rotatable bonds is 6. The van der Waals surface area contributed by atoms with Crippen LogP contribution in [-0.2, 0) is 19.0 Å². The number of benzene rings is 1. The average Bonchev–Trinajstić information content (AvgIpc) is 2.94. The summed E-state index contributed by atoms with van der Waals surface area (Å²) in [7, 11) is 0. The van der Waals surface area contributed by atoms with Crippen LogP contribution in [0.4, 0.5) is 0 Å². The molecule has 0 aromatic heterocycles. The van der Waals surface area contributed by atoms with Gasteiger partial charge in [0.05, 0.1) is 18.1 Å². The molecule has 0 saturated carbocycles. The van der Waals surface area contributed by atoms with Crippen LogP contribution >= 0.6 is 11.6 Å². The Balaban J connectivity index is 2.12. The van der Waals surface area contributed by atoms with E-state index < -0.39 is 11.2 Å². The SMILES string of the molecule is CCC1(CC)OC(CCOC(=O)C(C)(C)C)[C@@H](c2ccccc2Cl)O1. The van der Waals surface area contributed by atoms with Crippen LogP contribution in [0.5, 0.6) is 0 Å². The molecule has 5 heteroatoms. The van der Waals surface area contributed by atoms with E-state index in [0.29, 0.717) is 18.1 Å². The van der Waals surface area contributed by atoms with E-state index in [-0.39, 0.29) is 18.2 Å². The highest BCUT2D eigenvalue weighted by molar-refractivity contribution is 6.31. The van der Waals surface area contributed by atoms with E-state index in [1.165, 1.54) is 0 Å². The highest BCUT2D eigenvalue weighted by Gasteiger charge is 2.46. The van der Waals surface area contributed by atoms with Gasteiger partial charge in [0.25, 0.3) is 0 Å². The van der Waals surface area contributed by atoms with Crippen molar-refractivity contribution < 1.29 is 19.0 Å². The number of hydrogen-bond acceptors (Lipinski definition) is 4. The normalized spacial score (nSPS) is 22.8. The van der Waals surface area contributed by atoms with Gasteiger partial charge in [-0.1, -0.05) is 43.6 Å². The summed E-state index contributed by atoms with van der Waals surface area (Å²) >= 11 is 6.37. The lowest BCUT2D eigenvalue weighted by atomic mass is 9.97. The van der Waals surface area contributed by atoms with Gasteiger partial charge in [0.15, 0.2) is 5.79 Å². The molecule has 1 aromatic carbocycles. The first kappa shape index (κ1) is 20.2. The van der Waals surface area contributed by atoms with Crippen LogP contribution in [0, 0.1) is 5.41 Å². The number of hydrogen-bond donors (Lipinski definition) is 0. The zero-order chi connectivity index (χ0) is 18.7. The van der Waals surface area contributed by atoms with Crippen LogP contribution in [0.2, 0.25) is 5.02 Å². The molecule has 1 heterocycles. The van der Waals surface area contributed by atoms with E-state index in [2.05, 4.69) is 13.8 Å². The van der Waals surface area contributed by atoms with Gasteiger partial charge < -0.3 is 14.2 Å². The van der Waals surface area contributed by atoms with Crippen LogP contribution in [0.1, 0.15) is 65.5 Å². The van der Waals surface area contributed by atoms with Crippen LogP contribution < -0.4 is 0 Å². The quantitative estimate of drug-likeness (QED) is 0.640. The summed E-state index contributed by atoms with van der Waals surface area (Å²) in [5, 5.41) is 0.663. The molecule has 0 radical (unpaired) electrons. The molecule has 1 saturated heterocycles. The zero-order valence-corrected chi connectivity index (χ0v) is 16.6. The minimum atomic E-state index is -0.609. The number of halogens is 1. The smallest absolute Gasteiger partial charge is 0.311 e. The minimum absolute atomic E-state index is 0.201. The summed E-state index contributed by atoms with van der Waals surface area (Å²) in [6.07, 6.45) is 1.61. The lowest BCUT2D eigenvalue weighted by Gasteiger charge is -2.25. The molecular weight excluding hydrogens is 340 g/mol. The molecule has 1 aromatic rings. The van der Waals surface area contributed by atoms with Crippen molar-refractivity contribution >= 4 is 17.6 Å². The number of carbonyl (C=O) groups excluding carboxylic acids is 1. The largest absolute Gasteiger partial charge is 0.465 e. The van der Waals surface area contributed by atoms with E-state index in [1.807, 2.05) is 45.0 Å². The van der Waals surface area contributed by atoms with Crippen LogP contribution in [0.15, 0.2) is 24.3 Å². The molecule has 0 amide bonds. The van der Waals surface area contributed by atoms with Crippen LogP contribution in [0.3, 0.4) is 0 Å². The Morgan fingerprint density at radius 3 is 2.40 bits per heavy atom. The first-order valence-corrected chi connectivity index (χ1v) is 9.37. The Kier molecular flexibility index (Phi) is 6.52. The summed E-state index contributed by atoms with van der Waals surface area (Å²) < 4.78 is 18.0. The van der Waals surface area contributed by atoms with Crippen molar-refractivity contribution in [1.29, 1.82) is 0 Å². The van der Waals surface area contributed by atoms with Crippen molar-refractivity contribution in [2.75, 3.05) is 6.61 Å². The molecule has 25 heavy (non-hydrogen) atoms. The molecule has 0 spiro atoms. The van der Waals surface area contributed by atoms with Gasteiger partial charge >= 0.3 is 5.97 Å². The van der Waals surface area contributed by atoms with Gasteiger partial charge in [-0.2, -0.15) is 0 Å². The fourth-order valence-electron chi connectivity index (χ4n) is 2.92. The van der Waals surface area contributed by atoms with Crippen molar-refractivity contribution in [2.45, 2.75) is 71.9 Å². The predicted octanol–water partition coefficient (Wildman–Crippen LogP) is 5.29. The average molecular weight is 369 g/mol. The molecule has 0 aliphatic carbocycles. The molecule has 4 nitrogen and oxygen atoms in total. The van der Waals surface area contributed by atoms with Crippen molar-refractivity contribution in [2.24, 2.45) is 5.41 Å². The highest BCUT2D eigenvalue weighted by Crippen LogP contribution is 2.45. The van der Waals surface area contributed by atoms with E-state index in [1.54, 1.807) is 0 Å². The maximum atomic E-state index is 12.0. The second-order valence-corrected chi connectivity index (χ2v) is 7.92. The molecule has 1 aliphatic rings. The molecule has 2 rings (SSSR count). The Morgan fingerprint density at radius 2 is 1.84 bits per heavy atom. The van der Waals surface area contributed by atoms with Crippen molar-refractivity contribution in [3.8, 4) is 0 Å². The zero-order valence-electron chi connectivity index (χ0n) is 15.8. The third-order valence-corrected chi connectivity index (χ3v) is 4.93. The third-order valence-electron chi connectivity index (χ3n) is 4.58. The molecule has 0 N–H and O–H groups in total.